The van der Waals surface area contributed by atoms with Gasteiger partial charge in [0.1, 0.15) is 42.0 Å². The average Bonchev–Trinajstić information content (AvgIpc) is 3.41. The number of aromatic hydroxyl groups is 1. The SMILES string of the molecule is OC[C@H]1O[C@@H](c2cc(Cc3ncc(-c4ccco4)s3)c(Cl)cc2O)[C@H](O)[C@@H](O)[C@@H]1O. The van der Waals surface area contributed by atoms with Gasteiger partial charge in [0.2, 0.25) is 0 Å². The Balaban J connectivity index is 1.63. The molecule has 3 aromatic rings. The maximum Gasteiger partial charge on any atom is 0.145 e. The molecule has 0 saturated carbocycles. The van der Waals surface area contributed by atoms with Crippen LogP contribution in [0, 0.1) is 0 Å². The van der Waals surface area contributed by atoms with Gasteiger partial charge in [0.15, 0.2) is 0 Å². The third-order valence-electron chi connectivity index (χ3n) is 5.05. The van der Waals surface area contributed by atoms with Crippen LogP contribution in [0.3, 0.4) is 0 Å². The highest BCUT2D eigenvalue weighted by Crippen LogP contribution is 2.39. The summed E-state index contributed by atoms with van der Waals surface area (Å²) in [6.45, 7) is -0.558. The molecule has 0 amide bonds. The fourth-order valence-corrected chi connectivity index (χ4v) is 4.57. The maximum atomic E-state index is 10.4. The molecule has 1 aliphatic heterocycles. The molecule has 5 atom stereocenters. The minimum absolute atomic E-state index is 0.189. The van der Waals surface area contributed by atoms with E-state index in [1.165, 1.54) is 17.4 Å². The quantitative estimate of drug-likeness (QED) is 0.395. The van der Waals surface area contributed by atoms with Gasteiger partial charge in [0.05, 0.1) is 22.8 Å². The van der Waals surface area contributed by atoms with E-state index in [0.717, 1.165) is 9.88 Å². The van der Waals surface area contributed by atoms with Crippen molar-refractivity contribution in [2.45, 2.75) is 36.9 Å². The zero-order valence-electron chi connectivity index (χ0n) is 15.6. The van der Waals surface area contributed by atoms with Crippen LogP contribution in [-0.4, -0.2) is 61.5 Å². The number of rotatable bonds is 5. The second kappa shape index (κ2) is 8.64. The number of ether oxygens (including phenoxy) is 1. The van der Waals surface area contributed by atoms with Crippen LogP contribution < -0.4 is 0 Å². The smallest absolute Gasteiger partial charge is 0.145 e. The molecule has 0 radical (unpaired) electrons. The van der Waals surface area contributed by atoms with Crippen molar-refractivity contribution in [3.63, 3.8) is 0 Å². The van der Waals surface area contributed by atoms with Crippen molar-refractivity contribution in [3.8, 4) is 16.4 Å². The van der Waals surface area contributed by atoms with E-state index >= 15 is 0 Å². The second-order valence-corrected chi connectivity index (χ2v) is 8.55. The number of halogens is 1. The van der Waals surface area contributed by atoms with Crippen LogP contribution in [0.2, 0.25) is 5.02 Å². The lowest BCUT2D eigenvalue weighted by Gasteiger charge is -2.40. The van der Waals surface area contributed by atoms with Gasteiger partial charge in [-0.3, -0.25) is 0 Å². The van der Waals surface area contributed by atoms with Crippen LogP contribution in [-0.2, 0) is 11.2 Å². The molecule has 0 aliphatic carbocycles. The molecule has 160 valence electrons. The van der Waals surface area contributed by atoms with Gasteiger partial charge in [-0.05, 0) is 29.8 Å². The molecule has 8 nitrogen and oxygen atoms in total. The number of phenolic OH excluding ortho intramolecular Hbond substituents is 1. The summed E-state index contributed by atoms with van der Waals surface area (Å²) in [5.74, 6) is 0.473. The maximum absolute atomic E-state index is 10.4. The summed E-state index contributed by atoms with van der Waals surface area (Å²) in [6, 6.07) is 6.52. The van der Waals surface area contributed by atoms with E-state index in [1.807, 2.05) is 6.07 Å². The molecule has 1 aliphatic rings. The van der Waals surface area contributed by atoms with Gasteiger partial charge >= 0.3 is 0 Å². The van der Waals surface area contributed by atoms with Crippen LogP contribution in [0.4, 0.5) is 0 Å². The molecule has 4 rings (SSSR count). The first kappa shape index (κ1) is 21.3. The molecular formula is C20H20ClNO7S. The Morgan fingerprint density at radius 3 is 2.63 bits per heavy atom. The van der Waals surface area contributed by atoms with E-state index in [9.17, 15) is 25.5 Å². The summed E-state index contributed by atoms with van der Waals surface area (Å²) >= 11 is 7.74. The Morgan fingerprint density at radius 1 is 1.13 bits per heavy atom. The fraction of sp³-hybridized carbons (Fsp3) is 0.350. The predicted octanol–water partition coefficient (Wildman–Crippen LogP) is 1.87. The van der Waals surface area contributed by atoms with Gasteiger partial charge < -0.3 is 34.7 Å². The molecule has 2 aromatic heterocycles. The standard InChI is InChI=1S/C20H20ClNO7S/c21-11-6-12(24)10(20-19(27)18(26)17(25)14(8-23)29-20)4-9(11)5-16-22-7-15(30-16)13-2-1-3-28-13/h1-4,6-7,14,17-20,23-27H,5,8H2/t14-,17-,18+,19-,20+/m1/s1. The molecule has 10 heteroatoms. The lowest BCUT2D eigenvalue weighted by molar-refractivity contribution is -0.232. The Kier molecular flexibility index (Phi) is 6.12. The highest BCUT2D eigenvalue weighted by atomic mass is 35.5. The van der Waals surface area contributed by atoms with Gasteiger partial charge in [-0.2, -0.15) is 0 Å². The lowest BCUT2D eigenvalue weighted by atomic mass is 9.90. The Hall–Kier alpha value is -1.98. The van der Waals surface area contributed by atoms with Gasteiger partial charge in [0, 0.05) is 23.2 Å². The normalized spacial score (nSPS) is 26.8. The number of phenols is 1. The summed E-state index contributed by atoms with van der Waals surface area (Å²) in [5.41, 5.74) is 0.816. The topological polar surface area (TPSA) is 136 Å². The molecule has 0 unspecified atom stereocenters. The van der Waals surface area contributed by atoms with Crippen molar-refractivity contribution in [3.05, 3.63) is 57.9 Å². The number of benzene rings is 1. The van der Waals surface area contributed by atoms with Crippen LogP contribution >= 0.6 is 22.9 Å². The molecular weight excluding hydrogens is 434 g/mol. The summed E-state index contributed by atoms with van der Waals surface area (Å²) in [6.07, 6.45) is -3.14. The Bertz CT molecular complexity index is 1010. The second-order valence-electron chi connectivity index (χ2n) is 7.02. The van der Waals surface area contributed by atoms with Crippen LogP contribution in [0.1, 0.15) is 22.2 Å². The largest absolute Gasteiger partial charge is 0.508 e. The average molecular weight is 454 g/mol. The third-order valence-corrected chi connectivity index (χ3v) is 6.42. The number of nitrogens with zero attached hydrogens (tertiary/aromatic N) is 1. The van der Waals surface area contributed by atoms with E-state index in [2.05, 4.69) is 4.98 Å². The molecule has 30 heavy (non-hydrogen) atoms. The highest BCUT2D eigenvalue weighted by molar-refractivity contribution is 7.15. The van der Waals surface area contributed by atoms with E-state index in [1.54, 1.807) is 24.6 Å². The molecule has 1 fully saturated rings. The fourth-order valence-electron chi connectivity index (χ4n) is 3.44. The first-order valence-electron chi connectivity index (χ1n) is 9.19. The Morgan fingerprint density at radius 2 is 1.93 bits per heavy atom. The summed E-state index contributed by atoms with van der Waals surface area (Å²) < 4.78 is 10.9. The van der Waals surface area contributed by atoms with Gasteiger partial charge in [0.25, 0.3) is 0 Å². The number of aromatic nitrogens is 1. The van der Waals surface area contributed by atoms with E-state index in [4.69, 9.17) is 20.8 Å². The summed E-state index contributed by atoms with van der Waals surface area (Å²) in [5, 5.41) is 51.2. The minimum atomic E-state index is -1.55. The van der Waals surface area contributed by atoms with Gasteiger partial charge in [-0.15, -0.1) is 11.3 Å². The molecule has 1 saturated heterocycles. The van der Waals surface area contributed by atoms with Crippen LogP contribution in [0.5, 0.6) is 5.75 Å². The molecule has 1 aromatic carbocycles. The first-order chi connectivity index (χ1) is 14.4. The molecule has 0 spiro atoms. The molecule has 5 N–H and O–H groups in total. The van der Waals surface area contributed by atoms with Crippen LogP contribution in [0.15, 0.2) is 41.1 Å². The van der Waals surface area contributed by atoms with Crippen molar-refractivity contribution >= 4 is 22.9 Å². The minimum Gasteiger partial charge on any atom is -0.508 e. The molecule has 0 bridgehead atoms. The first-order valence-corrected chi connectivity index (χ1v) is 10.4. The number of furan rings is 1. The molecule has 3 heterocycles. The predicted molar refractivity (Wildman–Crippen MR) is 108 cm³/mol. The van der Waals surface area contributed by atoms with E-state index in [-0.39, 0.29) is 11.3 Å². The van der Waals surface area contributed by atoms with Crippen molar-refractivity contribution in [2.75, 3.05) is 6.61 Å². The highest BCUT2D eigenvalue weighted by Gasteiger charge is 2.44. The summed E-state index contributed by atoms with van der Waals surface area (Å²) in [7, 11) is 0. The van der Waals surface area contributed by atoms with E-state index < -0.39 is 37.1 Å². The van der Waals surface area contributed by atoms with Gasteiger partial charge in [-0.1, -0.05) is 11.6 Å². The van der Waals surface area contributed by atoms with Crippen molar-refractivity contribution in [2.24, 2.45) is 0 Å². The Labute approximate surface area is 180 Å². The number of aliphatic hydroxyl groups is 4. The monoisotopic (exact) mass is 453 g/mol. The summed E-state index contributed by atoms with van der Waals surface area (Å²) in [4.78, 5) is 5.25. The van der Waals surface area contributed by atoms with Crippen molar-refractivity contribution < 1.29 is 34.7 Å². The number of hydrogen-bond acceptors (Lipinski definition) is 9. The zero-order chi connectivity index (χ0) is 21.4. The third kappa shape index (κ3) is 3.97. The van der Waals surface area contributed by atoms with Crippen molar-refractivity contribution in [1.82, 2.24) is 4.98 Å². The van der Waals surface area contributed by atoms with Crippen LogP contribution in [0.25, 0.3) is 10.6 Å². The van der Waals surface area contributed by atoms with Crippen molar-refractivity contribution in [1.29, 1.82) is 0 Å². The lowest BCUT2D eigenvalue weighted by Crippen LogP contribution is -2.55. The number of hydrogen-bond donors (Lipinski definition) is 5. The van der Waals surface area contributed by atoms with Gasteiger partial charge in [-0.25, -0.2) is 4.98 Å². The zero-order valence-corrected chi connectivity index (χ0v) is 17.1. The number of aliphatic hydroxyl groups excluding tert-OH is 4. The van der Waals surface area contributed by atoms with E-state index in [0.29, 0.717) is 22.8 Å². The number of thiazole rings is 1.